The number of benzene rings is 2. The Morgan fingerprint density at radius 1 is 1.10 bits per heavy atom. The summed E-state index contributed by atoms with van der Waals surface area (Å²) >= 11 is 0. The van der Waals surface area contributed by atoms with Crippen molar-refractivity contribution in [2.24, 2.45) is 0 Å². The summed E-state index contributed by atoms with van der Waals surface area (Å²) in [4.78, 5) is 0.261. The first-order chi connectivity index (χ1) is 10.0. The van der Waals surface area contributed by atoms with Crippen molar-refractivity contribution in [3.63, 3.8) is 0 Å². The highest BCUT2D eigenvalue weighted by molar-refractivity contribution is 7.92. The predicted molar refractivity (Wildman–Crippen MR) is 87.1 cm³/mol. The van der Waals surface area contributed by atoms with E-state index in [1.807, 2.05) is 25.1 Å². The first-order valence-corrected chi connectivity index (χ1v) is 8.04. The van der Waals surface area contributed by atoms with Gasteiger partial charge in [0.25, 0.3) is 10.0 Å². The highest BCUT2D eigenvalue weighted by Crippen LogP contribution is 2.19. The molecule has 21 heavy (non-hydrogen) atoms. The molecule has 2 N–H and O–H groups in total. The second-order valence-corrected chi connectivity index (χ2v) is 6.35. The summed E-state index contributed by atoms with van der Waals surface area (Å²) in [5.41, 5.74) is 2.34. The summed E-state index contributed by atoms with van der Waals surface area (Å²) < 4.78 is 27.1. The van der Waals surface area contributed by atoms with Crippen molar-refractivity contribution in [3.8, 4) is 0 Å². The van der Waals surface area contributed by atoms with E-state index in [1.54, 1.807) is 36.4 Å². The zero-order chi connectivity index (χ0) is 15.3. The summed E-state index contributed by atoms with van der Waals surface area (Å²) in [7, 11) is -3.55. The van der Waals surface area contributed by atoms with Gasteiger partial charge in [0.15, 0.2) is 0 Å². The van der Waals surface area contributed by atoms with E-state index >= 15 is 0 Å². The van der Waals surface area contributed by atoms with Crippen molar-refractivity contribution in [1.82, 2.24) is 0 Å². The van der Waals surface area contributed by atoms with Crippen molar-refractivity contribution in [1.29, 1.82) is 0 Å². The number of sulfonamides is 1. The predicted octanol–water partition coefficient (Wildman–Crippen LogP) is 3.39. The monoisotopic (exact) mass is 302 g/mol. The van der Waals surface area contributed by atoms with Gasteiger partial charge >= 0.3 is 0 Å². The van der Waals surface area contributed by atoms with Gasteiger partial charge in [0, 0.05) is 17.9 Å². The Morgan fingerprint density at radius 2 is 1.76 bits per heavy atom. The molecule has 0 bridgehead atoms. The molecule has 0 aliphatic rings. The first kappa shape index (κ1) is 15.1. The van der Waals surface area contributed by atoms with E-state index in [2.05, 4.69) is 16.6 Å². The average Bonchev–Trinajstić information content (AvgIpc) is 2.46. The molecule has 0 saturated carbocycles. The third-order valence-electron chi connectivity index (χ3n) is 2.89. The van der Waals surface area contributed by atoms with Gasteiger partial charge in [-0.15, -0.1) is 6.58 Å². The lowest BCUT2D eigenvalue weighted by molar-refractivity contribution is 0.601. The molecule has 0 aliphatic carbocycles. The zero-order valence-electron chi connectivity index (χ0n) is 11.8. The fourth-order valence-corrected chi connectivity index (χ4v) is 3.01. The maximum Gasteiger partial charge on any atom is 0.261 e. The van der Waals surface area contributed by atoms with Crippen molar-refractivity contribution < 1.29 is 8.42 Å². The Bertz CT molecular complexity index is 722. The van der Waals surface area contributed by atoms with Crippen LogP contribution in [0.4, 0.5) is 11.4 Å². The second kappa shape index (κ2) is 6.45. The lowest BCUT2D eigenvalue weighted by Crippen LogP contribution is -2.13. The van der Waals surface area contributed by atoms with E-state index in [0.717, 1.165) is 11.3 Å². The van der Waals surface area contributed by atoms with Gasteiger partial charge in [-0.2, -0.15) is 0 Å². The highest BCUT2D eigenvalue weighted by Gasteiger charge is 2.13. The normalized spacial score (nSPS) is 10.9. The lowest BCUT2D eigenvalue weighted by Gasteiger charge is -2.10. The summed E-state index contributed by atoms with van der Waals surface area (Å²) in [6.45, 7) is 6.15. The molecule has 2 aromatic carbocycles. The molecule has 4 nitrogen and oxygen atoms in total. The van der Waals surface area contributed by atoms with Crippen LogP contribution in [0.15, 0.2) is 66.1 Å². The Kier molecular flexibility index (Phi) is 4.65. The van der Waals surface area contributed by atoms with Gasteiger partial charge in [0.2, 0.25) is 0 Å². The molecule has 5 heteroatoms. The van der Waals surface area contributed by atoms with Crippen molar-refractivity contribution >= 4 is 21.4 Å². The van der Waals surface area contributed by atoms with E-state index in [4.69, 9.17) is 0 Å². The van der Waals surface area contributed by atoms with Gasteiger partial charge in [0.05, 0.1) is 4.90 Å². The van der Waals surface area contributed by atoms with Crippen LogP contribution in [0, 0.1) is 6.92 Å². The van der Waals surface area contributed by atoms with Crippen molar-refractivity contribution in [3.05, 3.63) is 66.7 Å². The minimum Gasteiger partial charge on any atom is -0.382 e. The fraction of sp³-hybridized carbons (Fsp3) is 0.125. The summed E-state index contributed by atoms with van der Waals surface area (Å²) in [6, 6.07) is 13.9. The number of nitrogens with one attached hydrogen (secondary N) is 2. The van der Waals surface area contributed by atoms with Crippen LogP contribution in [-0.4, -0.2) is 15.0 Å². The van der Waals surface area contributed by atoms with Crippen LogP contribution < -0.4 is 10.0 Å². The fourth-order valence-electron chi connectivity index (χ4n) is 1.84. The number of hydrogen-bond acceptors (Lipinski definition) is 3. The maximum atomic E-state index is 12.3. The number of rotatable bonds is 6. The summed E-state index contributed by atoms with van der Waals surface area (Å²) in [6.07, 6.45) is 1.76. The van der Waals surface area contributed by atoms with E-state index in [0.29, 0.717) is 12.2 Å². The Hall–Kier alpha value is -2.27. The van der Waals surface area contributed by atoms with Crippen LogP contribution in [0.5, 0.6) is 0 Å². The third kappa shape index (κ3) is 4.10. The van der Waals surface area contributed by atoms with Gasteiger partial charge in [-0.1, -0.05) is 18.2 Å². The molecule has 2 aromatic rings. The summed E-state index contributed by atoms with van der Waals surface area (Å²) in [5, 5.41) is 3.13. The van der Waals surface area contributed by atoms with Crippen LogP contribution in [0.3, 0.4) is 0 Å². The van der Waals surface area contributed by atoms with Crippen molar-refractivity contribution in [2.45, 2.75) is 11.8 Å². The van der Waals surface area contributed by atoms with Crippen molar-refractivity contribution in [2.75, 3.05) is 16.6 Å². The van der Waals surface area contributed by atoms with Crippen LogP contribution in [-0.2, 0) is 10.0 Å². The lowest BCUT2D eigenvalue weighted by atomic mass is 10.2. The Labute approximate surface area is 125 Å². The third-order valence-corrected chi connectivity index (χ3v) is 4.27. The molecule has 0 atom stereocenters. The Morgan fingerprint density at radius 3 is 2.38 bits per heavy atom. The molecule has 0 aliphatic heterocycles. The molecule has 0 fully saturated rings. The number of aryl methyl sites for hydroxylation is 1. The van der Waals surface area contributed by atoms with Crippen LogP contribution >= 0.6 is 0 Å². The standard InChI is InChI=1S/C16H18N2O2S/c1-3-11-17-14-7-9-15(10-8-14)18-21(19,20)16-6-4-5-13(2)12-16/h3-10,12,17-18H,1,11H2,2H3. The van der Waals surface area contributed by atoms with E-state index < -0.39 is 10.0 Å². The molecule has 0 radical (unpaired) electrons. The van der Waals surface area contributed by atoms with E-state index in [1.165, 1.54) is 0 Å². The molecule has 0 spiro atoms. The smallest absolute Gasteiger partial charge is 0.261 e. The molecular formula is C16H18N2O2S. The zero-order valence-corrected chi connectivity index (χ0v) is 12.7. The molecular weight excluding hydrogens is 284 g/mol. The van der Waals surface area contributed by atoms with Crippen LogP contribution in [0.25, 0.3) is 0 Å². The van der Waals surface area contributed by atoms with Gasteiger partial charge in [0.1, 0.15) is 0 Å². The van der Waals surface area contributed by atoms with E-state index in [9.17, 15) is 8.42 Å². The maximum absolute atomic E-state index is 12.3. The van der Waals surface area contributed by atoms with E-state index in [-0.39, 0.29) is 4.90 Å². The van der Waals surface area contributed by atoms with Crippen LogP contribution in [0.2, 0.25) is 0 Å². The minimum atomic E-state index is -3.55. The SMILES string of the molecule is C=CCNc1ccc(NS(=O)(=O)c2cccc(C)c2)cc1. The molecule has 110 valence electrons. The molecule has 0 aromatic heterocycles. The minimum absolute atomic E-state index is 0.261. The Balaban J connectivity index is 2.15. The molecule has 2 rings (SSSR count). The first-order valence-electron chi connectivity index (χ1n) is 6.55. The number of hydrogen-bond donors (Lipinski definition) is 2. The van der Waals surface area contributed by atoms with Crippen LogP contribution in [0.1, 0.15) is 5.56 Å². The molecule has 0 heterocycles. The highest BCUT2D eigenvalue weighted by atomic mass is 32.2. The van der Waals surface area contributed by atoms with Gasteiger partial charge in [-0.25, -0.2) is 8.42 Å². The topological polar surface area (TPSA) is 58.2 Å². The van der Waals surface area contributed by atoms with Gasteiger partial charge in [-0.3, -0.25) is 4.72 Å². The van der Waals surface area contributed by atoms with Gasteiger partial charge in [-0.05, 0) is 48.9 Å². The van der Waals surface area contributed by atoms with Gasteiger partial charge < -0.3 is 5.32 Å². The quantitative estimate of drug-likeness (QED) is 0.804. The molecule has 0 amide bonds. The largest absolute Gasteiger partial charge is 0.382 e. The molecule has 0 unspecified atom stereocenters. The second-order valence-electron chi connectivity index (χ2n) is 4.67. The molecule has 0 saturated heterocycles. The number of anilines is 2. The summed E-state index contributed by atoms with van der Waals surface area (Å²) in [5.74, 6) is 0. The average molecular weight is 302 g/mol.